The van der Waals surface area contributed by atoms with E-state index in [1.54, 1.807) is 14.0 Å². The average molecular weight is 158 g/mol. The van der Waals surface area contributed by atoms with Gasteiger partial charge in [0.2, 0.25) is 0 Å². The van der Waals surface area contributed by atoms with E-state index in [9.17, 15) is 4.79 Å². The van der Waals surface area contributed by atoms with Gasteiger partial charge in [-0.05, 0) is 6.92 Å². The van der Waals surface area contributed by atoms with Gasteiger partial charge in [0.15, 0.2) is 5.78 Å². The molecule has 1 saturated heterocycles. The lowest BCUT2D eigenvalue weighted by atomic mass is 9.99. The van der Waals surface area contributed by atoms with Crippen molar-refractivity contribution in [2.24, 2.45) is 5.92 Å². The molecule has 0 spiro atoms. The van der Waals surface area contributed by atoms with E-state index in [-0.39, 0.29) is 23.9 Å². The van der Waals surface area contributed by atoms with Crippen LogP contribution in [0.4, 0.5) is 0 Å². The number of ketones is 1. The van der Waals surface area contributed by atoms with Gasteiger partial charge in [0.05, 0.1) is 12.7 Å². The molecule has 64 valence electrons. The van der Waals surface area contributed by atoms with Crippen LogP contribution in [-0.2, 0) is 14.3 Å². The first-order valence-corrected chi connectivity index (χ1v) is 3.81. The zero-order chi connectivity index (χ0) is 8.43. The number of methoxy groups -OCH3 is 1. The van der Waals surface area contributed by atoms with Crippen LogP contribution in [0.5, 0.6) is 0 Å². The van der Waals surface area contributed by atoms with Crippen LogP contribution in [0.15, 0.2) is 0 Å². The molecule has 0 aromatic carbocycles. The largest absolute Gasteiger partial charge is 0.379 e. The molecule has 0 bridgehead atoms. The highest BCUT2D eigenvalue weighted by molar-refractivity contribution is 5.81. The third-order valence-corrected chi connectivity index (χ3v) is 2.21. The van der Waals surface area contributed by atoms with E-state index in [0.717, 1.165) is 0 Å². The number of hydrogen-bond donors (Lipinski definition) is 0. The predicted octanol–water partition coefficient (Wildman–Crippen LogP) is 0.625. The minimum Gasteiger partial charge on any atom is -0.379 e. The number of hydrogen-bond acceptors (Lipinski definition) is 3. The van der Waals surface area contributed by atoms with E-state index in [1.807, 2.05) is 6.92 Å². The molecule has 0 radical (unpaired) electrons. The molecule has 0 saturated carbocycles. The van der Waals surface area contributed by atoms with Crippen LogP contribution in [0.3, 0.4) is 0 Å². The summed E-state index contributed by atoms with van der Waals surface area (Å²) in [6, 6.07) is 0. The smallest absolute Gasteiger partial charge is 0.158 e. The lowest BCUT2D eigenvalue weighted by molar-refractivity contribution is -0.127. The van der Waals surface area contributed by atoms with E-state index < -0.39 is 0 Å². The van der Waals surface area contributed by atoms with Gasteiger partial charge in [0.1, 0.15) is 6.10 Å². The summed E-state index contributed by atoms with van der Waals surface area (Å²) in [7, 11) is 1.65. The Morgan fingerprint density at radius 2 is 2.27 bits per heavy atom. The topological polar surface area (TPSA) is 35.5 Å². The fraction of sp³-hybridized carbons (Fsp3) is 0.875. The van der Waals surface area contributed by atoms with Crippen molar-refractivity contribution < 1.29 is 14.3 Å². The Morgan fingerprint density at radius 1 is 1.64 bits per heavy atom. The summed E-state index contributed by atoms with van der Waals surface area (Å²) in [6.07, 6.45) is -0.163. The van der Waals surface area contributed by atoms with Gasteiger partial charge in [-0.15, -0.1) is 0 Å². The molecule has 0 aliphatic carbocycles. The van der Waals surface area contributed by atoms with E-state index in [1.165, 1.54) is 0 Å². The monoisotopic (exact) mass is 158 g/mol. The Bertz CT molecular complexity index is 155. The van der Waals surface area contributed by atoms with Crippen molar-refractivity contribution in [2.45, 2.75) is 26.1 Å². The molecule has 0 aromatic rings. The molecule has 11 heavy (non-hydrogen) atoms. The fourth-order valence-electron chi connectivity index (χ4n) is 1.47. The Kier molecular flexibility index (Phi) is 2.62. The Balaban J connectivity index is 2.55. The number of Topliss-reactive ketones (excluding diaryl/α,β-unsaturated/α-hetero) is 1. The highest BCUT2D eigenvalue weighted by Gasteiger charge is 2.36. The normalized spacial score (nSPS) is 37.5. The van der Waals surface area contributed by atoms with Crippen LogP contribution in [0.25, 0.3) is 0 Å². The Morgan fingerprint density at radius 3 is 2.55 bits per heavy atom. The molecule has 1 aliphatic heterocycles. The second-order valence-corrected chi connectivity index (χ2v) is 3.00. The van der Waals surface area contributed by atoms with E-state index in [4.69, 9.17) is 9.47 Å². The molecular formula is C8H14O3. The number of carbonyl (C=O) groups excluding carboxylic acids is 1. The summed E-state index contributed by atoms with van der Waals surface area (Å²) in [5, 5.41) is 0. The molecule has 1 heterocycles. The van der Waals surface area contributed by atoms with Crippen molar-refractivity contribution in [3.63, 3.8) is 0 Å². The maximum atomic E-state index is 10.9. The summed E-state index contributed by atoms with van der Waals surface area (Å²) in [5.74, 6) is 0.287. The van der Waals surface area contributed by atoms with Crippen LogP contribution in [0, 0.1) is 5.92 Å². The molecule has 3 heteroatoms. The average Bonchev–Trinajstić information content (AvgIpc) is 2.30. The first-order chi connectivity index (χ1) is 5.16. The summed E-state index contributed by atoms with van der Waals surface area (Å²) in [5.41, 5.74) is 0. The standard InChI is InChI=1S/C8H14O3/c1-5-7(10-3)4-11-8(5)6(2)9/h5,7-8H,4H2,1-3H3. The third kappa shape index (κ3) is 1.60. The van der Waals surface area contributed by atoms with Crippen molar-refractivity contribution in [3.05, 3.63) is 0 Å². The molecule has 3 unspecified atom stereocenters. The third-order valence-electron chi connectivity index (χ3n) is 2.21. The van der Waals surface area contributed by atoms with Gasteiger partial charge in [0, 0.05) is 13.0 Å². The second kappa shape index (κ2) is 3.32. The first kappa shape index (κ1) is 8.68. The molecule has 0 N–H and O–H groups in total. The van der Waals surface area contributed by atoms with E-state index in [0.29, 0.717) is 6.61 Å². The zero-order valence-corrected chi connectivity index (χ0v) is 7.16. The van der Waals surface area contributed by atoms with Crippen molar-refractivity contribution in [1.82, 2.24) is 0 Å². The van der Waals surface area contributed by atoms with Gasteiger partial charge in [-0.1, -0.05) is 6.92 Å². The van der Waals surface area contributed by atoms with Crippen LogP contribution in [-0.4, -0.2) is 31.7 Å². The second-order valence-electron chi connectivity index (χ2n) is 3.00. The quantitative estimate of drug-likeness (QED) is 0.591. The summed E-state index contributed by atoms with van der Waals surface area (Å²) >= 11 is 0. The summed E-state index contributed by atoms with van der Waals surface area (Å²) in [4.78, 5) is 10.9. The van der Waals surface area contributed by atoms with Crippen LogP contribution in [0.2, 0.25) is 0 Å². The molecule has 0 aromatic heterocycles. The molecule has 3 atom stereocenters. The van der Waals surface area contributed by atoms with Gasteiger partial charge >= 0.3 is 0 Å². The maximum Gasteiger partial charge on any atom is 0.158 e. The minimum atomic E-state index is -0.250. The molecule has 0 amide bonds. The van der Waals surface area contributed by atoms with Gasteiger partial charge in [-0.3, -0.25) is 4.79 Å². The molecule has 1 aliphatic rings. The molecule has 1 rings (SSSR count). The highest BCUT2D eigenvalue weighted by Crippen LogP contribution is 2.23. The number of ether oxygens (including phenoxy) is 2. The van der Waals surface area contributed by atoms with Gasteiger partial charge in [-0.2, -0.15) is 0 Å². The molecule has 1 fully saturated rings. The SMILES string of the molecule is COC1COC(C(C)=O)C1C. The Labute approximate surface area is 66.7 Å². The fourth-order valence-corrected chi connectivity index (χ4v) is 1.47. The molecule has 3 nitrogen and oxygen atoms in total. The van der Waals surface area contributed by atoms with Gasteiger partial charge in [0.25, 0.3) is 0 Å². The highest BCUT2D eigenvalue weighted by atomic mass is 16.5. The van der Waals surface area contributed by atoms with Crippen molar-refractivity contribution >= 4 is 5.78 Å². The van der Waals surface area contributed by atoms with Gasteiger partial charge in [-0.25, -0.2) is 0 Å². The predicted molar refractivity (Wildman–Crippen MR) is 40.4 cm³/mol. The zero-order valence-electron chi connectivity index (χ0n) is 7.16. The number of rotatable bonds is 2. The minimum absolute atomic E-state index is 0.0869. The van der Waals surface area contributed by atoms with Crippen molar-refractivity contribution in [1.29, 1.82) is 0 Å². The van der Waals surface area contributed by atoms with Crippen molar-refractivity contribution in [2.75, 3.05) is 13.7 Å². The van der Waals surface area contributed by atoms with Gasteiger partial charge < -0.3 is 9.47 Å². The molecular weight excluding hydrogens is 144 g/mol. The van der Waals surface area contributed by atoms with Crippen LogP contribution >= 0.6 is 0 Å². The van der Waals surface area contributed by atoms with Crippen molar-refractivity contribution in [3.8, 4) is 0 Å². The lowest BCUT2D eigenvalue weighted by Gasteiger charge is -2.14. The summed E-state index contributed by atoms with van der Waals surface area (Å²) < 4.78 is 10.4. The first-order valence-electron chi connectivity index (χ1n) is 3.81. The van der Waals surface area contributed by atoms with Crippen LogP contribution < -0.4 is 0 Å². The lowest BCUT2D eigenvalue weighted by Crippen LogP contribution is -2.27. The van der Waals surface area contributed by atoms with E-state index >= 15 is 0 Å². The van der Waals surface area contributed by atoms with E-state index in [2.05, 4.69) is 0 Å². The Hall–Kier alpha value is -0.410. The summed E-state index contributed by atoms with van der Waals surface area (Å²) in [6.45, 7) is 4.08. The maximum absolute atomic E-state index is 10.9. The van der Waals surface area contributed by atoms with Crippen LogP contribution in [0.1, 0.15) is 13.8 Å². The number of carbonyl (C=O) groups is 1.